The van der Waals surface area contributed by atoms with Gasteiger partial charge >= 0.3 is 5.97 Å². The Morgan fingerprint density at radius 2 is 2.07 bits per heavy atom. The topological polar surface area (TPSA) is 63.3 Å². The molecule has 0 aromatic heterocycles. The summed E-state index contributed by atoms with van der Waals surface area (Å²) >= 11 is 0. The van der Waals surface area contributed by atoms with Crippen LogP contribution in [-0.4, -0.2) is 11.1 Å². The van der Waals surface area contributed by atoms with Gasteiger partial charge in [0.2, 0.25) is 0 Å². The van der Waals surface area contributed by atoms with Crippen LogP contribution in [0.25, 0.3) is 0 Å². The second-order valence-electron chi connectivity index (χ2n) is 4.31. The third kappa shape index (κ3) is 2.80. The number of carbonyl (C=O) groups is 1. The molecular weight excluding hydrogens is 190 g/mol. The molecular formula is C12H17NO2. The summed E-state index contributed by atoms with van der Waals surface area (Å²) in [6.07, 6.45) is -0.0586. The maximum atomic E-state index is 10.7. The van der Waals surface area contributed by atoms with E-state index in [9.17, 15) is 4.79 Å². The van der Waals surface area contributed by atoms with E-state index >= 15 is 0 Å². The lowest BCUT2D eigenvalue weighted by Crippen LogP contribution is -2.36. The van der Waals surface area contributed by atoms with Crippen molar-refractivity contribution >= 4 is 5.97 Å². The second kappa shape index (κ2) is 4.03. The van der Waals surface area contributed by atoms with Crippen LogP contribution in [0.5, 0.6) is 0 Å². The van der Waals surface area contributed by atoms with Gasteiger partial charge in [0.25, 0.3) is 0 Å². The van der Waals surface area contributed by atoms with Crippen molar-refractivity contribution in [1.29, 1.82) is 0 Å². The van der Waals surface area contributed by atoms with E-state index in [0.29, 0.717) is 0 Å². The molecule has 1 atom stereocenters. The molecule has 1 aromatic rings. The molecule has 0 radical (unpaired) electrons. The average molecular weight is 207 g/mol. The van der Waals surface area contributed by atoms with Crippen molar-refractivity contribution < 1.29 is 9.90 Å². The number of hydrogen-bond acceptors (Lipinski definition) is 2. The quantitative estimate of drug-likeness (QED) is 0.796. The van der Waals surface area contributed by atoms with Crippen LogP contribution in [0.3, 0.4) is 0 Å². The molecule has 0 aliphatic rings. The summed E-state index contributed by atoms with van der Waals surface area (Å²) in [6.45, 7) is 5.70. The van der Waals surface area contributed by atoms with Crippen molar-refractivity contribution in [3.8, 4) is 0 Å². The van der Waals surface area contributed by atoms with Gasteiger partial charge in [0.1, 0.15) is 0 Å². The first-order valence-corrected chi connectivity index (χ1v) is 4.91. The predicted octanol–water partition coefficient (Wildman–Crippen LogP) is 1.95. The summed E-state index contributed by atoms with van der Waals surface area (Å²) in [5.41, 5.74) is 8.30. The van der Waals surface area contributed by atoms with E-state index in [2.05, 4.69) is 0 Å². The highest BCUT2D eigenvalue weighted by molar-refractivity contribution is 5.69. The van der Waals surface area contributed by atoms with Crippen LogP contribution in [0.2, 0.25) is 0 Å². The molecule has 1 rings (SSSR count). The van der Waals surface area contributed by atoms with Gasteiger partial charge in [-0.05, 0) is 31.9 Å². The summed E-state index contributed by atoms with van der Waals surface area (Å²) < 4.78 is 0. The zero-order valence-corrected chi connectivity index (χ0v) is 9.37. The average Bonchev–Trinajstić information content (AvgIpc) is 1.99. The van der Waals surface area contributed by atoms with Gasteiger partial charge in [-0.2, -0.15) is 0 Å². The molecule has 0 aliphatic carbocycles. The fraction of sp³-hybridized carbons (Fsp3) is 0.417. The molecule has 0 aliphatic heterocycles. The normalized spacial score (nSPS) is 14.7. The molecule has 3 nitrogen and oxygen atoms in total. The van der Waals surface area contributed by atoms with Gasteiger partial charge in [-0.3, -0.25) is 4.79 Å². The van der Waals surface area contributed by atoms with Crippen molar-refractivity contribution in [3.63, 3.8) is 0 Å². The van der Waals surface area contributed by atoms with E-state index in [1.165, 1.54) is 0 Å². The van der Waals surface area contributed by atoms with Crippen LogP contribution >= 0.6 is 0 Å². The Labute approximate surface area is 89.9 Å². The van der Waals surface area contributed by atoms with Gasteiger partial charge in [-0.15, -0.1) is 0 Å². The number of carboxylic acid groups (broad SMARTS) is 1. The highest BCUT2D eigenvalue weighted by Gasteiger charge is 2.26. The van der Waals surface area contributed by atoms with Gasteiger partial charge in [0.05, 0.1) is 6.42 Å². The molecule has 1 unspecified atom stereocenters. The fourth-order valence-electron chi connectivity index (χ4n) is 1.86. The monoisotopic (exact) mass is 207 g/mol. The second-order valence-corrected chi connectivity index (χ2v) is 4.31. The smallest absolute Gasteiger partial charge is 0.305 e. The maximum absolute atomic E-state index is 10.7. The number of benzene rings is 1. The van der Waals surface area contributed by atoms with Crippen molar-refractivity contribution in [1.82, 2.24) is 0 Å². The standard InChI is InChI=1S/C12H17NO2/c1-8-4-5-10(9(2)6-8)12(3,13)7-11(14)15/h4-6H,7,13H2,1-3H3,(H,14,15). The van der Waals surface area contributed by atoms with Crippen LogP contribution in [0.15, 0.2) is 18.2 Å². The Bertz CT molecular complexity index is 383. The van der Waals surface area contributed by atoms with E-state index < -0.39 is 11.5 Å². The number of nitrogens with two attached hydrogens (primary N) is 1. The molecule has 1 aromatic carbocycles. The molecule has 0 fully saturated rings. The fourth-order valence-corrected chi connectivity index (χ4v) is 1.86. The molecule has 0 saturated carbocycles. The molecule has 0 spiro atoms. The number of aryl methyl sites for hydroxylation is 2. The minimum absolute atomic E-state index is 0.0586. The summed E-state index contributed by atoms with van der Waals surface area (Å²) in [5.74, 6) is -0.875. The predicted molar refractivity (Wildman–Crippen MR) is 59.7 cm³/mol. The van der Waals surface area contributed by atoms with Crippen LogP contribution in [0, 0.1) is 13.8 Å². The summed E-state index contributed by atoms with van der Waals surface area (Å²) in [7, 11) is 0. The largest absolute Gasteiger partial charge is 0.481 e. The van der Waals surface area contributed by atoms with Gasteiger partial charge in [-0.1, -0.05) is 23.8 Å². The van der Waals surface area contributed by atoms with E-state index in [1.807, 2.05) is 32.0 Å². The Morgan fingerprint density at radius 1 is 1.47 bits per heavy atom. The van der Waals surface area contributed by atoms with Crippen molar-refractivity contribution in [3.05, 3.63) is 34.9 Å². The number of carboxylic acids is 1. The van der Waals surface area contributed by atoms with Crippen LogP contribution in [0.1, 0.15) is 30.0 Å². The van der Waals surface area contributed by atoms with Crippen molar-refractivity contribution in [2.75, 3.05) is 0 Å². The zero-order chi connectivity index (χ0) is 11.6. The third-order valence-electron chi connectivity index (χ3n) is 2.52. The van der Waals surface area contributed by atoms with E-state index in [4.69, 9.17) is 10.8 Å². The van der Waals surface area contributed by atoms with Gasteiger partial charge in [0, 0.05) is 5.54 Å². The van der Waals surface area contributed by atoms with Crippen LogP contribution in [-0.2, 0) is 10.3 Å². The Balaban J connectivity index is 3.09. The first-order chi connectivity index (χ1) is 6.83. The van der Waals surface area contributed by atoms with Gasteiger partial charge in [0.15, 0.2) is 0 Å². The molecule has 15 heavy (non-hydrogen) atoms. The summed E-state index contributed by atoms with van der Waals surface area (Å²) in [4.78, 5) is 10.7. The minimum atomic E-state index is -0.875. The molecule has 0 heterocycles. The molecule has 3 N–H and O–H groups in total. The lowest BCUT2D eigenvalue weighted by molar-refractivity contribution is -0.138. The summed E-state index contributed by atoms with van der Waals surface area (Å²) in [5, 5.41) is 8.78. The highest BCUT2D eigenvalue weighted by atomic mass is 16.4. The lowest BCUT2D eigenvalue weighted by atomic mass is 9.86. The first kappa shape index (κ1) is 11.7. The summed E-state index contributed by atoms with van der Waals surface area (Å²) in [6, 6.07) is 5.88. The van der Waals surface area contributed by atoms with Crippen LogP contribution < -0.4 is 5.73 Å². The highest BCUT2D eigenvalue weighted by Crippen LogP contribution is 2.25. The van der Waals surface area contributed by atoms with E-state index in [1.54, 1.807) is 6.92 Å². The Kier molecular flexibility index (Phi) is 3.15. The Morgan fingerprint density at radius 3 is 2.53 bits per heavy atom. The molecule has 0 saturated heterocycles. The van der Waals surface area contributed by atoms with Gasteiger partial charge in [-0.25, -0.2) is 0 Å². The zero-order valence-electron chi connectivity index (χ0n) is 9.37. The Hall–Kier alpha value is -1.35. The third-order valence-corrected chi connectivity index (χ3v) is 2.52. The first-order valence-electron chi connectivity index (χ1n) is 4.91. The molecule has 3 heteroatoms. The van der Waals surface area contributed by atoms with E-state index in [-0.39, 0.29) is 6.42 Å². The number of hydrogen-bond donors (Lipinski definition) is 2. The van der Waals surface area contributed by atoms with E-state index in [0.717, 1.165) is 16.7 Å². The number of aliphatic carboxylic acids is 1. The number of rotatable bonds is 3. The SMILES string of the molecule is Cc1ccc(C(C)(N)CC(=O)O)c(C)c1. The van der Waals surface area contributed by atoms with Gasteiger partial charge < -0.3 is 10.8 Å². The van der Waals surface area contributed by atoms with Crippen molar-refractivity contribution in [2.45, 2.75) is 32.7 Å². The maximum Gasteiger partial charge on any atom is 0.305 e. The molecule has 0 amide bonds. The lowest BCUT2D eigenvalue weighted by Gasteiger charge is -2.25. The molecule has 0 bridgehead atoms. The van der Waals surface area contributed by atoms with Crippen LogP contribution in [0.4, 0.5) is 0 Å². The molecule has 82 valence electrons. The minimum Gasteiger partial charge on any atom is -0.481 e. The van der Waals surface area contributed by atoms with Crippen molar-refractivity contribution in [2.24, 2.45) is 5.73 Å².